The molecule has 0 bridgehead atoms. The van der Waals surface area contributed by atoms with Crippen LogP contribution >= 0.6 is 22.9 Å². The third-order valence-electron chi connectivity index (χ3n) is 2.83. The first-order chi connectivity index (χ1) is 9.45. The minimum Gasteiger partial charge on any atom is -0.478 e. The Bertz CT molecular complexity index is 627. The molecule has 1 heterocycles. The Kier molecular flexibility index (Phi) is 4.75. The van der Waals surface area contributed by atoms with Gasteiger partial charge in [0.25, 0.3) is 0 Å². The number of carbonyl (C=O) groups is 1. The molecule has 0 aliphatic carbocycles. The second kappa shape index (κ2) is 6.35. The van der Waals surface area contributed by atoms with Crippen molar-refractivity contribution in [2.75, 3.05) is 7.05 Å². The smallest absolute Gasteiger partial charge is 0.335 e. The highest BCUT2D eigenvalue weighted by molar-refractivity contribution is 7.11. The van der Waals surface area contributed by atoms with E-state index in [-0.39, 0.29) is 5.56 Å². The van der Waals surface area contributed by atoms with Crippen LogP contribution in [0.5, 0.6) is 0 Å². The van der Waals surface area contributed by atoms with Crippen molar-refractivity contribution in [1.29, 1.82) is 0 Å². The quantitative estimate of drug-likeness (QED) is 0.919. The van der Waals surface area contributed by atoms with Crippen molar-refractivity contribution < 1.29 is 9.90 Å². The molecule has 2 rings (SSSR count). The van der Waals surface area contributed by atoms with E-state index >= 15 is 0 Å². The van der Waals surface area contributed by atoms with Crippen LogP contribution < -0.4 is 0 Å². The van der Waals surface area contributed by atoms with E-state index in [1.165, 1.54) is 10.9 Å². The minimum atomic E-state index is -0.941. The van der Waals surface area contributed by atoms with Crippen molar-refractivity contribution >= 4 is 28.9 Å². The number of nitrogens with zero attached hydrogens (tertiary/aromatic N) is 2. The molecule has 0 unspecified atom stereocenters. The lowest BCUT2D eigenvalue weighted by atomic mass is 10.1. The van der Waals surface area contributed by atoms with Gasteiger partial charge in [-0.15, -0.1) is 11.3 Å². The van der Waals surface area contributed by atoms with Crippen LogP contribution in [0.1, 0.15) is 25.8 Å². The number of hydrogen-bond acceptors (Lipinski definition) is 4. The average molecular weight is 311 g/mol. The maximum atomic E-state index is 11.0. The van der Waals surface area contributed by atoms with Gasteiger partial charge >= 0.3 is 5.97 Å². The number of carboxylic acid groups (broad SMARTS) is 1. The van der Waals surface area contributed by atoms with Gasteiger partial charge in [-0.1, -0.05) is 11.6 Å². The molecule has 0 saturated carbocycles. The molecule has 1 aromatic carbocycles. The van der Waals surface area contributed by atoms with Gasteiger partial charge in [0.1, 0.15) is 0 Å². The molecule has 0 atom stereocenters. The van der Waals surface area contributed by atoms with Gasteiger partial charge in [0.05, 0.1) is 10.6 Å². The maximum absolute atomic E-state index is 11.0. The number of aromatic nitrogens is 1. The van der Waals surface area contributed by atoms with Crippen molar-refractivity contribution in [3.05, 3.63) is 50.4 Å². The second-order valence-corrected chi connectivity index (χ2v) is 6.36. The Labute approximate surface area is 126 Å². The third kappa shape index (κ3) is 3.79. The van der Waals surface area contributed by atoms with Crippen LogP contribution in [0.3, 0.4) is 0 Å². The normalized spacial score (nSPS) is 11.0. The highest BCUT2D eigenvalue weighted by Crippen LogP contribution is 2.21. The molecule has 0 fully saturated rings. The van der Waals surface area contributed by atoms with E-state index in [1.54, 1.807) is 23.5 Å². The van der Waals surface area contributed by atoms with E-state index in [9.17, 15) is 4.79 Å². The summed E-state index contributed by atoms with van der Waals surface area (Å²) in [6, 6.07) is 4.77. The van der Waals surface area contributed by atoms with Crippen LogP contribution in [0, 0.1) is 6.92 Å². The summed E-state index contributed by atoms with van der Waals surface area (Å²) in [6.45, 7) is 3.33. The summed E-state index contributed by atoms with van der Waals surface area (Å²) in [5.74, 6) is -0.941. The fourth-order valence-electron chi connectivity index (χ4n) is 1.92. The molecule has 6 heteroatoms. The lowest BCUT2D eigenvalue weighted by Gasteiger charge is -2.16. The van der Waals surface area contributed by atoms with Crippen molar-refractivity contribution in [2.24, 2.45) is 0 Å². The number of carboxylic acids is 1. The van der Waals surface area contributed by atoms with E-state index in [2.05, 4.69) is 9.88 Å². The summed E-state index contributed by atoms with van der Waals surface area (Å²) in [5.41, 5.74) is 1.07. The number of rotatable bonds is 5. The van der Waals surface area contributed by atoms with Crippen molar-refractivity contribution in [2.45, 2.75) is 20.0 Å². The first-order valence-electron chi connectivity index (χ1n) is 6.07. The Morgan fingerprint density at radius 3 is 2.80 bits per heavy atom. The van der Waals surface area contributed by atoms with Crippen LogP contribution in [-0.4, -0.2) is 28.0 Å². The van der Waals surface area contributed by atoms with Gasteiger partial charge in [0, 0.05) is 29.2 Å². The zero-order valence-corrected chi connectivity index (χ0v) is 12.8. The zero-order valence-electron chi connectivity index (χ0n) is 11.3. The van der Waals surface area contributed by atoms with E-state index in [0.29, 0.717) is 11.6 Å². The van der Waals surface area contributed by atoms with Crippen LogP contribution in [-0.2, 0) is 13.1 Å². The highest BCUT2D eigenvalue weighted by Gasteiger charge is 2.10. The zero-order chi connectivity index (χ0) is 14.7. The van der Waals surface area contributed by atoms with Gasteiger partial charge in [0.15, 0.2) is 0 Å². The number of aromatic carboxylic acids is 1. The van der Waals surface area contributed by atoms with E-state index in [0.717, 1.165) is 17.1 Å². The standard InChI is InChI=1S/C14H15ClN2O2S/c1-9-16-6-12(20-9)8-17(2)7-11-5-10(14(18)19)3-4-13(11)15/h3-6H,7-8H2,1-2H3,(H,18,19). The van der Waals surface area contributed by atoms with Gasteiger partial charge < -0.3 is 5.11 Å². The van der Waals surface area contributed by atoms with Gasteiger partial charge in [-0.05, 0) is 37.7 Å². The van der Waals surface area contributed by atoms with Crippen LogP contribution in [0.2, 0.25) is 5.02 Å². The molecule has 1 N–H and O–H groups in total. The molecule has 1 aromatic heterocycles. The lowest BCUT2D eigenvalue weighted by Crippen LogP contribution is -2.17. The fourth-order valence-corrected chi connectivity index (χ4v) is 2.97. The predicted molar refractivity (Wildman–Crippen MR) is 80.4 cm³/mol. The Hall–Kier alpha value is -1.43. The number of thiazole rings is 1. The van der Waals surface area contributed by atoms with Crippen molar-refractivity contribution in [1.82, 2.24) is 9.88 Å². The molecule has 2 aromatic rings. The molecular weight excluding hydrogens is 296 g/mol. The Morgan fingerprint density at radius 1 is 1.45 bits per heavy atom. The lowest BCUT2D eigenvalue weighted by molar-refractivity contribution is 0.0696. The molecule has 0 aliphatic heterocycles. The van der Waals surface area contributed by atoms with Crippen molar-refractivity contribution in [3.63, 3.8) is 0 Å². The summed E-state index contributed by atoms with van der Waals surface area (Å²) in [7, 11) is 1.97. The molecule has 106 valence electrons. The number of benzene rings is 1. The Morgan fingerprint density at radius 2 is 2.20 bits per heavy atom. The van der Waals surface area contributed by atoms with Crippen LogP contribution in [0.4, 0.5) is 0 Å². The summed E-state index contributed by atoms with van der Waals surface area (Å²) < 4.78 is 0. The summed E-state index contributed by atoms with van der Waals surface area (Å²) in [6.07, 6.45) is 1.87. The summed E-state index contributed by atoms with van der Waals surface area (Å²) in [4.78, 5) is 18.5. The maximum Gasteiger partial charge on any atom is 0.335 e. The monoisotopic (exact) mass is 310 g/mol. The Balaban J connectivity index is 2.08. The number of aryl methyl sites for hydroxylation is 1. The van der Waals surface area contributed by atoms with Gasteiger partial charge in [-0.25, -0.2) is 9.78 Å². The minimum absolute atomic E-state index is 0.256. The second-order valence-electron chi connectivity index (χ2n) is 4.63. The number of hydrogen-bond donors (Lipinski definition) is 1. The van der Waals surface area contributed by atoms with E-state index < -0.39 is 5.97 Å². The first-order valence-corrected chi connectivity index (χ1v) is 7.26. The van der Waals surface area contributed by atoms with Gasteiger partial charge in [0.2, 0.25) is 0 Å². The molecule has 0 radical (unpaired) electrons. The molecule has 0 aliphatic rings. The molecule has 0 amide bonds. The van der Waals surface area contributed by atoms with Crippen LogP contribution in [0.15, 0.2) is 24.4 Å². The van der Waals surface area contributed by atoms with Gasteiger partial charge in [-0.3, -0.25) is 4.90 Å². The fraction of sp³-hybridized carbons (Fsp3) is 0.286. The third-order valence-corrected chi connectivity index (χ3v) is 4.09. The topological polar surface area (TPSA) is 53.4 Å². The van der Waals surface area contributed by atoms with Gasteiger partial charge in [-0.2, -0.15) is 0 Å². The predicted octanol–water partition coefficient (Wildman–Crippen LogP) is 3.44. The molecule has 0 spiro atoms. The summed E-state index contributed by atoms with van der Waals surface area (Å²) >= 11 is 7.78. The summed E-state index contributed by atoms with van der Waals surface area (Å²) in [5, 5.41) is 10.6. The van der Waals surface area contributed by atoms with E-state index in [4.69, 9.17) is 16.7 Å². The van der Waals surface area contributed by atoms with Crippen molar-refractivity contribution in [3.8, 4) is 0 Å². The van der Waals surface area contributed by atoms with Crippen LogP contribution in [0.25, 0.3) is 0 Å². The first kappa shape index (κ1) is 15.0. The SMILES string of the molecule is Cc1ncc(CN(C)Cc2cc(C(=O)O)ccc2Cl)s1. The molecule has 0 saturated heterocycles. The molecular formula is C14H15ClN2O2S. The largest absolute Gasteiger partial charge is 0.478 e. The molecule has 4 nitrogen and oxygen atoms in total. The average Bonchev–Trinajstić information content (AvgIpc) is 2.77. The molecule has 20 heavy (non-hydrogen) atoms. The highest BCUT2D eigenvalue weighted by atomic mass is 35.5. The van der Waals surface area contributed by atoms with E-state index in [1.807, 2.05) is 20.2 Å². The number of halogens is 1.